The van der Waals surface area contributed by atoms with E-state index in [-0.39, 0.29) is 12.5 Å². The zero-order valence-electron chi connectivity index (χ0n) is 9.77. The van der Waals surface area contributed by atoms with E-state index in [0.29, 0.717) is 6.54 Å². The highest BCUT2D eigenvalue weighted by molar-refractivity contribution is 5.73. The first-order valence-corrected chi connectivity index (χ1v) is 5.29. The van der Waals surface area contributed by atoms with E-state index in [4.69, 9.17) is 11.2 Å². The van der Waals surface area contributed by atoms with Gasteiger partial charge in [0.2, 0.25) is 5.91 Å². The SMILES string of the molecule is C#CCOc1ccc(C=CCNC(C)=O)cc1. The summed E-state index contributed by atoms with van der Waals surface area (Å²) in [6, 6.07) is 7.57. The molecule has 0 aliphatic rings. The molecule has 0 aliphatic carbocycles. The quantitative estimate of drug-likeness (QED) is 0.782. The smallest absolute Gasteiger partial charge is 0.217 e. The van der Waals surface area contributed by atoms with Crippen molar-refractivity contribution < 1.29 is 9.53 Å². The van der Waals surface area contributed by atoms with Crippen LogP contribution in [0.3, 0.4) is 0 Å². The summed E-state index contributed by atoms with van der Waals surface area (Å²) in [4.78, 5) is 10.6. The zero-order chi connectivity index (χ0) is 12.5. The minimum absolute atomic E-state index is 0.0346. The maximum Gasteiger partial charge on any atom is 0.217 e. The molecule has 0 spiro atoms. The molecule has 1 N–H and O–H groups in total. The Balaban J connectivity index is 2.45. The molecule has 1 aromatic carbocycles. The molecule has 17 heavy (non-hydrogen) atoms. The molecule has 0 heterocycles. The Bertz CT molecular complexity index is 427. The molecule has 0 bridgehead atoms. The second kappa shape index (κ2) is 7.13. The number of carbonyl (C=O) groups excluding carboxylic acids is 1. The van der Waals surface area contributed by atoms with Gasteiger partial charge in [0, 0.05) is 13.5 Å². The van der Waals surface area contributed by atoms with Crippen molar-refractivity contribution in [1.82, 2.24) is 5.32 Å². The van der Waals surface area contributed by atoms with Gasteiger partial charge in [0.05, 0.1) is 0 Å². The molecular weight excluding hydrogens is 214 g/mol. The van der Waals surface area contributed by atoms with Crippen LogP contribution in [0.4, 0.5) is 0 Å². The van der Waals surface area contributed by atoms with Gasteiger partial charge in [0.1, 0.15) is 12.4 Å². The third-order valence-corrected chi connectivity index (χ3v) is 1.98. The molecule has 3 nitrogen and oxygen atoms in total. The normalized spacial score (nSPS) is 9.88. The van der Waals surface area contributed by atoms with Crippen LogP contribution in [0.1, 0.15) is 12.5 Å². The molecule has 3 heteroatoms. The van der Waals surface area contributed by atoms with Crippen LogP contribution in [0.15, 0.2) is 30.3 Å². The lowest BCUT2D eigenvalue weighted by atomic mass is 10.2. The fourth-order valence-electron chi connectivity index (χ4n) is 1.20. The van der Waals surface area contributed by atoms with Crippen molar-refractivity contribution in [2.75, 3.05) is 13.2 Å². The third-order valence-electron chi connectivity index (χ3n) is 1.98. The largest absolute Gasteiger partial charge is 0.481 e. The van der Waals surface area contributed by atoms with E-state index in [1.807, 2.05) is 36.4 Å². The van der Waals surface area contributed by atoms with Crippen LogP contribution in [0, 0.1) is 12.3 Å². The van der Waals surface area contributed by atoms with Crippen molar-refractivity contribution in [3.63, 3.8) is 0 Å². The molecule has 0 saturated heterocycles. The van der Waals surface area contributed by atoms with Crippen molar-refractivity contribution in [2.45, 2.75) is 6.92 Å². The molecule has 1 rings (SSSR count). The summed E-state index contributed by atoms with van der Waals surface area (Å²) >= 11 is 0. The first-order valence-electron chi connectivity index (χ1n) is 5.29. The number of hydrogen-bond acceptors (Lipinski definition) is 2. The molecule has 1 amide bonds. The third kappa shape index (κ3) is 5.43. The molecule has 0 fully saturated rings. The second-order valence-corrected chi connectivity index (χ2v) is 3.40. The Morgan fingerprint density at radius 3 is 2.76 bits per heavy atom. The summed E-state index contributed by atoms with van der Waals surface area (Å²) < 4.78 is 5.25. The zero-order valence-corrected chi connectivity index (χ0v) is 9.77. The minimum atomic E-state index is -0.0346. The first kappa shape index (κ1) is 12.9. The standard InChI is InChI=1S/C14H15NO2/c1-3-11-17-14-8-6-13(7-9-14)5-4-10-15-12(2)16/h1,4-9H,10-11H2,2H3,(H,15,16). The van der Waals surface area contributed by atoms with Gasteiger partial charge >= 0.3 is 0 Å². The van der Waals surface area contributed by atoms with Crippen LogP contribution in [0.5, 0.6) is 5.75 Å². The fraction of sp³-hybridized carbons (Fsp3) is 0.214. The predicted octanol–water partition coefficient (Wildman–Crippen LogP) is 1.85. The molecule has 0 aromatic heterocycles. The number of hydrogen-bond donors (Lipinski definition) is 1. The van der Waals surface area contributed by atoms with E-state index in [1.54, 1.807) is 0 Å². The summed E-state index contributed by atoms with van der Waals surface area (Å²) in [5.74, 6) is 3.12. The monoisotopic (exact) mass is 229 g/mol. The highest BCUT2D eigenvalue weighted by atomic mass is 16.5. The van der Waals surface area contributed by atoms with Gasteiger partial charge in [-0.3, -0.25) is 4.79 Å². The van der Waals surface area contributed by atoms with E-state index >= 15 is 0 Å². The lowest BCUT2D eigenvalue weighted by Gasteiger charge is -2.01. The van der Waals surface area contributed by atoms with Crippen LogP contribution in [-0.2, 0) is 4.79 Å². The minimum Gasteiger partial charge on any atom is -0.481 e. The lowest BCUT2D eigenvalue weighted by Crippen LogP contribution is -2.19. The molecule has 0 atom stereocenters. The Morgan fingerprint density at radius 1 is 1.47 bits per heavy atom. The Labute approximate surface area is 101 Å². The summed E-state index contributed by atoms with van der Waals surface area (Å²) in [5, 5.41) is 2.68. The Hall–Kier alpha value is -2.21. The number of terminal acetylenes is 1. The van der Waals surface area contributed by atoms with Gasteiger partial charge in [-0.05, 0) is 17.7 Å². The average molecular weight is 229 g/mol. The van der Waals surface area contributed by atoms with Gasteiger partial charge in [-0.1, -0.05) is 30.2 Å². The van der Waals surface area contributed by atoms with Crippen LogP contribution >= 0.6 is 0 Å². The average Bonchev–Trinajstić information content (AvgIpc) is 2.33. The van der Waals surface area contributed by atoms with Gasteiger partial charge in [0.25, 0.3) is 0 Å². The van der Waals surface area contributed by atoms with Crippen molar-refractivity contribution >= 4 is 12.0 Å². The van der Waals surface area contributed by atoms with Crippen LogP contribution < -0.4 is 10.1 Å². The topological polar surface area (TPSA) is 38.3 Å². The van der Waals surface area contributed by atoms with E-state index < -0.39 is 0 Å². The summed E-state index contributed by atoms with van der Waals surface area (Å²) in [7, 11) is 0. The lowest BCUT2D eigenvalue weighted by molar-refractivity contribution is -0.118. The van der Waals surface area contributed by atoms with E-state index in [1.165, 1.54) is 6.92 Å². The summed E-state index contributed by atoms with van der Waals surface area (Å²) in [6.45, 7) is 2.30. The predicted molar refractivity (Wildman–Crippen MR) is 68.5 cm³/mol. The van der Waals surface area contributed by atoms with Crippen molar-refractivity contribution in [1.29, 1.82) is 0 Å². The van der Waals surface area contributed by atoms with Crippen molar-refractivity contribution in [2.24, 2.45) is 0 Å². The molecular formula is C14H15NO2. The summed E-state index contributed by atoms with van der Waals surface area (Å²) in [5.41, 5.74) is 1.04. The van der Waals surface area contributed by atoms with Crippen LogP contribution in [0.2, 0.25) is 0 Å². The van der Waals surface area contributed by atoms with Gasteiger partial charge in [0.15, 0.2) is 0 Å². The number of amides is 1. The van der Waals surface area contributed by atoms with Crippen LogP contribution in [0.25, 0.3) is 6.08 Å². The van der Waals surface area contributed by atoms with E-state index in [0.717, 1.165) is 11.3 Å². The van der Waals surface area contributed by atoms with Crippen molar-refractivity contribution in [3.05, 3.63) is 35.9 Å². The summed E-state index contributed by atoms with van der Waals surface area (Å²) in [6.07, 6.45) is 8.91. The Kier molecular flexibility index (Phi) is 5.39. The maximum atomic E-state index is 10.6. The number of nitrogens with one attached hydrogen (secondary N) is 1. The molecule has 0 saturated carbocycles. The fourth-order valence-corrected chi connectivity index (χ4v) is 1.20. The molecule has 88 valence electrons. The van der Waals surface area contributed by atoms with Gasteiger partial charge < -0.3 is 10.1 Å². The molecule has 0 unspecified atom stereocenters. The van der Waals surface area contributed by atoms with Gasteiger partial charge in [-0.2, -0.15) is 0 Å². The highest BCUT2D eigenvalue weighted by Gasteiger charge is 1.92. The second-order valence-electron chi connectivity index (χ2n) is 3.40. The van der Waals surface area contributed by atoms with E-state index in [2.05, 4.69) is 11.2 Å². The van der Waals surface area contributed by atoms with E-state index in [9.17, 15) is 4.79 Å². The number of carbonyl (C=O) groups is 1. The molecule has 0 aliphatic heterocycles. The molecule has 1 aromatic rings. The number of benzene rings is 1. The number of ether oxygens (including phenoxy) is 1. The molecule has 0 radical (unpaired) electrons. The van der Waals surface area contributed by atoms with Crippen molar-refractivity contribution in [3.8, 4) is 18.1 Å². The maximum absolute atomic E-state index is 10.6. The number of rotatable bonds is 5. The van der Waals surface area contributed by atoms with Gasteiger partial charge in [-0.15, -0.1) is 6.42 Å². The first-order chi connectivity index (χ1) is 8.22. The Morgan fingerprint density at radius 2 is 2.18 bits per heavy atom. The highest BCUT2D eigenvalue weighted by Crippen LogP contribution is 2.12. The van der Waals surface area contributed by atoms with Gasteiger partial charge in [-0.25, -0.2) is 0 Å². The van der Waals surface area contributed by atoms with Crippen LogP contribution in [-0.4, -0.2) is 19.1 Å².